The summed E-state index contributed by atoms with van der Waals surface area (Å²) in [6, 6.07) is 0. The van der Waals surface area contributed by atoms with Crippen LogP contribution in [0.1, 0.15) is 19.8 Å². The normalized spacial score (nSPS) is 21.8. The largest absolute Gasteiger partial charge is 0.511 e. The van der Waals surface area contributed by atoms with E-state index in [0.717, 1.165) is 18.2 Å². The summed E-state index contributed by atoms with van der Waals surface area (Å²) in [4.78, 5) is 22.1. The smallest absolute Gasteiger partial charge is 0.226 e. The van der Waals surface area contributed by atoms with Crippen molar-refractivity contribution in [2.45, 2.75) is 19.8 Å². The second kappa shape index (κ2) is 3.76. The maximum atomic E-state index is 11.0. The first-order valence-electron chi connectivity index (χ1n) is 3.79. The average molecular weight is 186 g/mol. The Bertz CT molecular complexity index is 237. The van der Waals surface area contributed by atoms with Crippen molar-refractivity contribution in [1.82, 2.24) is 0 Å². The van der Waals surface area contributed by atoms with E-state index in [1.54, 1.807) is 0 Å². The number of carbonyl (C=O) groups is 2. The van der Waals surface area contributed by atoms with Crippen LogP contribution in [0, 0.1) is 0 Å². The third-order valence-electron chi connectivity index (χ3n) is 1.59. The molecule has 0 aromatic rings. The molecule has 12 heavy (non-hydrogen) atoms. The molecule has 1 aliphatic heterocycles. The summed E-state index contributed by atoms with van der Waals surface area (Å²) in [6.45, 7) is 1.88. The summed E-state index contributed by atoms with van der Waals surface area (Å²) in [5, 5.41) is 9.03. The molecule has 0 aliphatic carbocycles. The van der Waals surface area contributed by atoms with Gasteiger partial charge in [-0.2, -0.15) is 0 Å². The van der Waals surface area contributed by atoms with Gasteiger partial charge < -0.3 is 5.11 Å². The van der Waals surface area contributed by atoms with Crippen LogP contribution in [0.2, 0.25) is 0 Å². The number of aliphatic hydroxyl groups excluding tert-OH is 1. The van der Waals surface area contributed by atoms with E-state index in [0.29, 0.717) is 6.42 Å². The molecule has 1 fully saturated rings. The van der Waals surface area contributed by atoms with Gasteiger partial charge in [-0.25, -0.2) is 0 Å². The first kappa shape index (κ1) is 9.32. The maximum Gasteiger partial charge on any atom is 0.226 e. The molecule has 1 saturated heterocycles. The molecule has 1 rings (SSSR count). The Morgan fingerprint density at radius 3 is 2.67 bits per heavy atom. The number of aliphatic hydroxyl groups is 1. The van der Waals surface area contributed by atoms with E-state index in [1.807, 2.05) is 6.92 Å². The molecule has 0 radical (unpaired) electrons. The molecule has 0 atom stereocenters. The molecule has 0 aromatic heterocycles. The lowest BCUT2D eigenvalue weighted by molar-refractivity contribution is -0.115. The van der Waals surface area contributed by atoms with Gasteiger partial charge in [0.2, 0.25) is 5.12 Å². The molecule has 0 aromatic carbocycles. The number of thioether (sulfide) groups is 1. The molecular formula is C8H10O3S. The molecule has 0 amide bonds. The van der Waals surface area contributed by atoms with E-state index < -0.39 is 0 Å². The van der Waals surface area contributed by atoms with E-state index in [9.17, 15) is 14.7 Å². The van der Waals surface area contributed by atoms with Crippen molar-refractivity contribution in [2.24, 2.45) is 0 Å². The van der Waals surface area contributed by atoms with Crippen molar-refractivity contribution in [3.05, 3.63) is 11.3 Å². The van der Waals surface area contributed by atoms with Crippen LogP contribution >= 0.6 is 11.8 Å². The highest BCUT2D eigenvalue weighted by molar-refractivity contribution is 8.15. The molecule has 0 unspecified atom stereocenters. The summed E-state index contributed by atoms with van der Waals surface area (Å²) in [5.41, 5.74) is 0.0156. The highest BCUT2D eigenvalue weighted by Gasteiger charge is 2.30. The minimum Gasteiger partial charge on any atom is -0.511 e. The highest BCUT2D eigenvalue weighted by atomic mass is 32.2. The van der Waals surface area contributed by atoms with Gasteiger partial charge in [0.15, 0.2) is 5.78 Å². The minimum atomic E-state index is -0.286. The van der Waals surface area contributed by atoms with E-state index >= 15 is 0 Å². The number of ketones is 1. The van der Waals surface area contributed by atoms with E-state index in [4.69, 9.17) is 0 Å². The van der Waals surface area contributed by atoms with Gasteiger partial charge in [-0.05, 0) is 6.42 Å². The number of carbonyl (C=O) groups excluding carboxylic acids is 2. The van der Waals surface area contributed by atoms with Crippen molar-refractivity contribution in [1.29, 1.82) is 0 Å². The van der Waals surface area contributed by atoms with Crippen molar-refractivity contribution < 1.29 is 14.7 Å². The van der Waals surface area contributed by atoms with Crippen LogP contribution in [0.3, 0.4) is 0 Å². The topological polar surface area (TPSA) is 54.4 Å². The number of allylic oxidation sites excluding steroid dienone is 1. The van der Waals surface area contributed by atoms with Crippen LogP contribution in [0.15, 0.2) is 11.3 Å². The summed E-state index contributed by atoms with van der Waals surface area (Å²) in [5.74, 6) is -0.101. The Hall–Kier alpha value is -0.770. The third kappa shape index (κ3) is 1.69. The van der Waals surface area contributed by atoms with Crippen LogP contribution < -0.4 is 0 Å². The molecule has 0 spiro atoms. The van der Waals surface area contributed by atoms with Crippen molar-refractivity contribution >= 4 is 22.7 Å². The fraction of sp³-hybridized carbons (Fsp3) is 0.500. The standard InChI is InChI=1S/C8H10O3S/c1-2-3-5(9)7-6(10)4-12-8(7)11/h9H,2-4H2,1H3/b7-5+. The second-order valence-electron chi connectivity index (χ2n) is 2.57. The average Bonchev–Trinajstić information content (AvgIpc) is 2.32. The zero-order valence-corrected chi connectivity index (χ0v) is 7.61. The zero-order chi connectivity index (χ0) is 9.14. The van der Waals surface area contributed by atoms with Gasteiger partial charge in [-0.1, -0.05) is 18.7 Å². The van der Waals surface area contributed by atoms with Crippen molar-refractivity contribution in [3.63, 3.8) is 0 Å². The van der Waals surface area contributed by atoms with Crippen molar-refractivity contribution in [2.75, 3.05) is 5.75 Å². The number of Topliss-reactive ketones (excluding diaryl/α,β-unsaturated/α-hetero) is 1. The van der Waals surface area contributed by atoms with Gasteiger partial charge in [0.25, 0.3) is 0 Å². The number of hydrogen-bond donors (Lipinski definition) is 1. The number of hydrogen-bond acceptors (Lipinski definition) is 4. The van der Waals surface area contributed by atoms with Gasteiger partial charge >= 0.3 is 0 Å². The molecule has 4 heteroatoms. The Morgan fingerprint density at radius 1 is 1.58 bits per heavy atom. The van der Waals surface area contributed by atoms with Crippen LogP contribution in [0.4, 0.5) is 0 Å². The van der Waals surface area contributed by atoms with Crippen LogP contribution in [0.25, 0.3) is 0 Å². The third-order valence-corrected chi connectivity index (χ3v) is 2.47. The van der Waals surface area contributed by atoms with Gasteiger partial charge in [-0.3, -0.25) is 9.59 Å². The molecule has 66 valence electrons. The van der Waals surface area contributed by atoms with Gasteiger partial charge in [0.05, 0.1) is 5.75 Å². The van der Waals surface area contributed by atoms with Gasteiger partial charge in [0.1, 0.15) is 11.3 Å². The Labute approximate surface area is 74.8 Å². The lowest BCUT2D eigenvalue weighted by Gasteiger charge is -1.98. The van der Waals surface area contributed by atoms with Crippen LogP contribution in [0.5, 0.6) is 0 Å². The summed E-state index contributed by atoms with van der Waals surface area (Å²) in [6.07, 6.45) is 1.15. The lowest BCUT2D eigenvalue weighted by atomic mass is 10.1. The van der Waals surface area contributed by atoms with E-state index in [-0.39, 0.29) is 28.0 Å². The molecule has 1 N–H and O–H groups in total. The molecule has 0 bridgehead atoms. The molecule has 0 saturated carbocycles. The minimum absolute atomic E-state index is 0.0156. The lowest BCUT2D eigenvalue weighted by Crippen LogP contribution is -2.05. The fourth-order valence-electron chi connectivity index (χ4n) is 1.03. The fourth-order valence-corrected chi connectivity index (χ4v) is 1.81. The second-order valence-corrected chi connectivity index (χ2v) is 3.52. The molecular weight excluding hydrogens is 176 g/mol. The monoisotopic (exact) mass is 186 g/mol. The first-order valence-corrected chi connectivity index (χ1v) is 4.77. The summed E-state index contributed by atoms with van der Waals surface area (Å²) in [7, 11) is 0. The van der Waals surface area contributed by atoms with Crippen LogP contribution in [-0.4, -0.2) is 21.8 Å². The van der Waals surface area contributed by atoms with Crippen molar-refractivity contribution in [3.8, 4) is 0 Å². The first-order chi connectivity index (χ1) is 5.66. The molecule has 1 aliphatic rings. The molecule has 3 nitrogen and oxygen atoms in total. The summed E-state index contributed by atoms with van der Waals surface area (Å²) >= 11 is 0.961. The SMILES string of the molecule is CCC/C(O)=C1/C(=O)CSC1=O. The van der Waals surface area contributed by atoms with E-state index in [2.05, 4.69) is 0 Å². The molecule has 1 heterocycles. The van der Waals surface area contributed by atoms with E-state index in [1.165, 1.54) is 0 Å². The maximum absolute atomic E-state index is 11.0. The highest BCUT2D eigenvalue weighted by Crippen LogP contribution is 2.25. The summed E-state index contributed by atoms with van der Waals surface area (Å²) < 4.78 is 0. The van der Waals surface area contributed by atoms with Crippen LogP contribution in [-0.2, 0) is 9.59 Å². The predicted octanol–water partition coefficient (Wildman–Crippen LogP) is 1.44. The van der Waals surface area contributed by atoms with Gasteiger partial charge in [0, 0.05) is 6.42 Å². The Morgan fingerprint density at radius 2 is 2.25 bits per heavy atom. The number of rotatable bonds is 2. The quantitative estimate of drug-likeness (QED) is 0.403. The zero-order valence-electron chi connectivity index (χ0n) is 6.79. The Kier molecular flexibility index (Phi) is 2.92. The Balaban J connectivity index is 2.90. The predicted molar refractivity (Wildman–Crippen MR) is 47.0 cm³/mol. The van der Waals surface area contributed by atoms with Gasteiger partial charge in [-0.15, -0.1) is 0 Å².